The minimum Gasteiger partial charge on any atom is -0.450 e. The average molecular weight is 392 g/mol. The van der Waals surface area contributed by atoms with Crippen LogP contribution in [0.25, 0.3) is 0 Å². The number of piperazine rings is 1. The van der Waals surface area contributed by atoms with Gasteiger partial charge in [0, 0.05) is 58.6 Å². The summed E-state index contributed by atoms with van der Waals surface area (Å²) in [6.07, 6.45) is 1.26. The number of ether oxygens (including phenoxy) is 2. The van der Waals surface area contributed by atoms with E-state index in [0.29, 0.717) is 51.0 Å². The van der Waals surface area contributed by atoms with Crippen molar-refractivity contribution < 1.29 is 19.1 Å². The van der Waals surface area contributed by atoms with E-state index in [2.05, 4.69) is 20.2 Å². The zero-order valence-corrected chi connectivity index (χ0v) is 16.3. The molecule has 10 nitrogen and oxygen atoms in total. The van der Waals surface area contributed by atoms with E-state index >= 15 is 0 Å². The topological polar surface area (TPSA) is 100 Å². The van der Waals surface area contributed by atoms with Gasteiger partial charge in [-0.3, -0.25) is 9.69 Å². The number of nitrogens with zero attached hydrogens (tertiary/aromatic N) is 5. The maximum absolute atomic E-state index is 12.7. The lowest BCUT2D eigenvalue weighted by atomic mass is 10.3. The Morgan fingerprint density at radius 1 is 1.14 bits per heavy atom. The minimum absolute atomic E-state index is 0.151. The fourth-order valence-electron chi connectivity index (χ4n) is 3.18. The molecule has 0 bridgehead atoms. The van der Waals surface area contributed by atoms with Crippen LogP contribution in [0.5, 0.6) is 0 Å². The Morgan fingerprint density at radius 3 is 2.57 bits per heavy atom. The van der Waals surface area contributed by atoms with Gasteiger partial charge in [0.05, 0.1) is 19.8 Å². The second-order valence-corrected chi connectivity index (χ2v) is 6.62. The van der Waals surface area contributed by atoms with Crippen molar-refractivity contribution in [3.63, 3.8) is 0 Å². The molecular formula is C18H28N6O4. The fraction of sp³-hybridized carbons (Fsp3) is 0.667. The fourth-order valence-corrected chi connectivity index (χ4v) is 3.18. The normalized spacial score (nSPS) is 18.0. The number of aromatic nitrogens is 2. The Morgan fingerprint density at radius 2 is 1.86 bits per heavy atom. The first kappa shape index (κ1) is 20.3. The molecule has 1 N–H and O–H groups in total. The van der Waals surface area contributed by atoms with E-state index in [0.717, 1.165) is 32.8 Å². The second kappa shape index (κ2) is 10.2. The van der Waals surface area contributed by atoms with Gasteiger partial charge in [0.2, 0.25) is 5.95 Å². The molecule has 0 atom stereocenters. The highest BCUT2D eigenvalue weighted by Gasteiger charge is 2.26. The van der Waals surface area contributed by atoms with Crippen molar-refractivity contribution in [3.05, 3.63) is 18.0 Å². The largest absolute Gasteiger partial charge is 0.450 e. The Kier molecular flexibility index (Phi) is 7.38. The van der Waals surface area contributed by atoms with E-state index in [4.69, 9.17) is 9.47 Å². The third kappa shape index (κ3) is 5.52. The summed E-state index contributed by atoms with van der Waals surface area (Å²) in [6.45, 7) is 8.94. The lowest BCUT2D eigenvalue weighted by Gasteiger charge is -2.33. The molecule has 10 heteroatoms. The quantitative estimate of drug-likeness (QED) is 0.730. The summed E-state index contributed by atoms with van der Waals surface area (Å²) in [6, 6.07) is 1.62. The van der Waals surface area contributed by atoms with Gasteiger partial charge in [0.15, 0.2) is 0 Å². The van der Waals surface area contributed by atoms with Gasteiger partial charge in [-0.15, -0.1) is 0 Å². The molecule has 0 aliphatic carbocycles. The van der Waals surface area contributed by atoms with Crippen LogP contribution in [-0.4, -0.2) is 109 Å². The van der Waals surface area contributed by atoms with Crippen LogP contribution in [-0.2, 0) is 9.47 Å². The van der Waals surface area contributed by atoms with Crippen molar-refractivity contribution in [1.29, 1.82) is 0 Å². The summed E-state index contributed by atoms with van der Waals surface area (Å²) in [4.78, 5) is 38.7. The number of hydrogen-bond acceptors (Lipinski definition) is 8. The van der Waals surface area contributed by atoms with Gasteiger partial charge in [0.1, 0.15) is 5.69 Å². The molecular weight excluding hydrogens is 364 g/mol. The molecule has 3 rings (SSSR count). The molecule has 28 heavy (non-hydrogen) atoms. The number of amides is 2. The smallest absolute Gasteiger partial charge is 0.409 e. The highest BCUT2D eigenvalue weighted by Crippen LogP contribution is 2.09. The number of anilines is 1. The summed E-state index contributed by atoms with van der Waals surface area (Å²) in [7, 11) is 0. The average Bonchev–Trinajstić information content (AvgIpc) is 2.74. The third-order valence-electron chi connectivity index (χ3n) is 4.78. The molecule has 2 saturated heterocycles. The molecule has 154 valence electrons. The molecule has 0 radical (unpaired) electrons. The van der Waals surface area contributed by atoms with E-state index in [-0.39, 0.29) is 12.0 Å². The molecule has 3 heterocycles. The number of carbonyl (C=O) groups excluding carboxylic acids is 2. The summed E-state index contributed by atoms with van der Waals surface area (Å²) in [5.74, 6) is 0.298. The molecule has 0 unspecified atom stereocenters. The molecule has 2 amide bonds. The van der Waals surface area contributed by atoms with Gasteiger partial charge in [-0.25, -0.2) is 14.8 Å². The number of nitrogens with one attached hydrogen (secondary N) is 1. The van der Waals surface area contributed by atoms with Gasteiger partial charge in [-0.2, -0.15) is 0 Å². The van der Waals surface area contributed by atoms with Gasteiger partial charge < -0.3 is 24.6 Å². The summed E-state index contributed by atoms with van der Waals surface area (Å²) in [5, 5.41) is 3.18. The maximum Gasteiger partial charge on any atom is 0.409 e. The summed E-state index contributed by atoms with van der Waals surface area (Å²) < 4.78 is 10.3. The standard InChI is InChI=1S/C18H28N6O4/c1-2-28-18(26)24-9-7-23(8-10-24)16(25)15-3-4-19-17(21-15)20-5-6-22-11-13-27-14-12-22/h3-4H,2,5-14H2,1H3,(H,19,20,21). The van der Waals surface area contributed by atoms with Crippen molar-refractivity contribution in [2.45, 2.75) is 6.92 Å². The predicted octanol–water partition coefficient (Wildman–Crippen LogP) is 0.135. The van der Waals surface area contributed by atoms with Crippen LogP contribution in [0.15, 0.2) is 12.3 Å². The lowest BCUT2D eigenvalue weighted by Crippen LogP contribution is -2.50. The van der Waals surface area contributed by atoms with E-state index in [1.165, 1.54) is 0 Å². The van der Waals surface area contributed by atoms with Crippen LogP contribution >= 0.6 is 0 Å². The van der Waals surface area contributed by atoms with Gasteiger partial charge in [-0.1, -0.05) is 0 Å². The highest BCUT2D eigenvalue weighted by molar-refractivity contribution is 5.92. The first-order valence-corrected chi connectivity index (χ1v) is 9.75. The van der Waals surface area contributed by atoms with E-state index < -0.39 is 0 Å². The van der Waals surface area contributed by atoms with Crippen molar-refractivity contribution >= 4 is 17.9 Å². The lowest BCUT2D eigenvalue weighted by molar-refractivity contribution is 0.0398. The van der Waals surface area contributed by atoms with E-state index in [1.54, 1.807) is 29.0 Å². The van der Waals surface area contributed by atoms with Crippen molar-refractivity contribution in [2.75, 3.05) is 77.5 Å². The van der Waals surface area contributed by atoms with Crippen molar-refractivity contribution in [2.24, 2.45) is 0 Å². The van der Waals surface area contributed by atoms with Crippen LogP contribution in [0.4, 0.5) is 10.7 Å². The van der Waals surface area contributed by atoms with Gasteiger partial charge >= 0.3 is 6.09 Å². The first-order chi connectivity index (χ1) is 13.7. The first-order valence-electron chi connectivity index (χ1n) is 9.75. The Hall–Kier alpha value is -2.46. The van der Waals surface area contributed by atoms with Crippen LogP contribution in [0.1, 0.15) is 17.4 Å². The van der Waals surface area contributed by atoms with Crippen molar-refractivity contribution in [3.8, 4) is 0 Å². The molecule has 0 aromatic carbocycles. The van der Waals surface area contributed by atoms with E-state index in [9.17, 15) is 9.59 Å². The summed E-state index contributed by atoms with van der Waals surface area (Å²) >= 11 is 0. The Labute approximate surface area is 164 Å². The molecule has 2 aliphatic heterocycles. The number of carbonyl (C=O) groups is 2. The van der Waals surface area contributed by atoms with E-state index in [1.807, 2.05) is 0 Å². The Balaban J connectivity index is 1.47. The zero-order chi connectivity index (χ0) is 19.8. The van der Waals surface area contributed by atoms with Gasteiger partial charge in [0.25, 0.3) is 5.91 Å². The highest BCUT2D eigenvalue weighted by atomic mass is 16.6. The number of rotatable bonds is 6. The molecule has 0 spiro atoms. The predicted molar refractivity (Wildman–Crippen MR) is 102 cm³/mol. The number of morpholine rings is 1. The van der Waals surface area contributed by atoms with Crippen LogP contribution in [0.2, 0.25) is 0 Å². The van der Waals surface area contributed by atoms with Crippen LogP contribution in [0.3, 0.4) is 0 Å². The SMILES string of the molecule is CCOC(=O)N1CCN(C(=O)c2ccnc(NCCN3CCOCC3)n2)CC1. The molecule has 1 aromatic rings. The molecule has 0 saturated carbocycles. The minimum atomic E-state index is -0.330. The molecule has 2 fully saturated rings. The number of hydrogen-bond donors (Lipinski definition) is 1. The summed E-state index contributed by atoms with van der Waals surface area (Å²) in [5.41, 5.74) is 0.355. The third-order valence-corrected chi connectivity index (χ3v) is 4.78. The molecule has 1 aromatic heterocycles. The zero-order valence-electron chi connectivity index (χ0n) is 16.3. The molecule has 2 aliphatic rings. The second-order valence-electron chi connectivity index (χ2n) is 6.62. The maximum atomic E-state index is 12.7. The Bertz CT molecular complexity index is 659. The van der Waals surface area contributed by atoms with Crippen molar-refractivity contribution in [1.82, 2.24) is 24.7 Å². The van der Waals surface area contributed by atoms with Gasteiger partial charge in [-0.05, 0) is 13.0 Å². The van der Waals surface area contributed by atoms with Crippen LogP contribution < -0.4 is 5.32 Å². The van der Waals surface area contributed by atoms with Crippen LogP contribution in [0, 0.1) is 0 Å². The monoisotopic (exact) mass is 392 g/mol.